The zero-order valence-electron chi connectivity index (χ0n) is 11.9. The van der Waals surface area contributed by atoms with Crippen molar-refractivity contribution in [3.8, 4) is 0 Å². The Labute approximate surface area is 124 Å². The van der Waals surface area contributed by atoms with E-state index in [4.69, 9.17) is 0 Å². The van der Waals surface area contributed by atoms with Crippen molar-refractivity contribution in [3.05, 3.63) is 47.0 Å². The van der Waals surface area contributed by atoms with Gasteiger partial charge in [-0.2, -0.15) is 0 Å². The summed E-state index contributed by atoms with van der Waals surface area (Å²) in [6.07, 6.45) is 7.61. The Morgan fingerprint density at radius 3 is 2.81 bits per heavy atom. The summed E-state index contributed by atoms with van der Waals surface area (Å²) < 4.78 is 0. The van der Waals surface area contributed by atoms with E-state index in [1.54, 1.807) is 12.1 Å². The number of hydrogen-bond donors (Lipinski definition) is 1. The molecule has 110 valence electrons. The molecule has 0 fully saturated rings. The van der Waals surface area contributed by atoms with Gasteiger partial charge < -0.3 is 10.0 Å². The lowest BCUT2D eigenvalue weighted by Gasteiger charge is -2.33. The minimum absolute atomic E-state index is 0.0635. The van der Waals surface area contributed by atoms with Gasteiger partial charge in [-0.05, 0) is 42.9 Å². The first-order valence-electron chi connectivity index (χ1n) is 7.44. The van der Waals surface area contributed by atoms with Crippen molar-refractivity contribution < 1.29 is 14.7 Å². The van der Waals surface area contributed by atoms with Crippen molar-refractivity contribution in [1.29, 1.82) is 0 Å². The van der Waals surface area contributed by atoms with Gasteiger partial charge in [-0.25, -0.2) is 4.79 Å². The lowest BCUT2D eigenvalue weighted by atomic mass is 9.90. The number of nitrogens with zero attached hydrogens (tertiary/aromatic N) is 1. The highest BCUT2D eigenvalue weighted by Crippen LogP contribution is 2.27. The first-order valence-corrected chi connectivity index (χ1v) is 7.44. The van der Waals surface area contributed by atoms with Crippen molar-refractivity contribution in [2.24, 2.45) is 5.92 Å². The molecule has 1 aromatic carbocycles. The number of amides is 1. The number of rotatable bonds is 2. The fourth-order valence-electron chi connectivity index (χ4n) is 3.25. The Morgan fingerprint density at radius 1 is 1.24 bits per heavy atom. The molecule has 1 aliphatic heterocycles. The van der Waals surface area contributed by atoms with E-state index in [-0.39, 0.29) is 11.8 Å². The third-order valence-electron chi connectivity index (χ3n) is 4.43. The van der Waals surface area contributed by atoms with Crippen LogP contribution in [0.1, 0.15) is 40.7 Å². The minimum Gasteiger partial charge on any atom is -0.478 e. The number of fused-ring (bicyclic) bond motifs is 1. The predicted molar refractivity (Wildman–Crippen MR) is 79.0 cm³/mol. The first-order chi connectivity index (χ1) is 10.2. The van der Waals surface area contributed by atoms with Gasteiger partial charge >= 0.3 is 5.97 Å². The van der Waals surface area contributed by atoms with Gasteiger partial charge in [0.2, 0.25) is 5.91 Å². The smallest absolute Gasteiger partial charge is 0.336 e. The zero-order chi connectivity index (χ0) is 14.8. The maximum Gasteiger partial charge on any atom is 0.336 e. The van der Waals surface area contributed by atoms with Crippen LogP contribution in [0, 0.1) is 5.92 Å². The van der Waals surface area contributed by atoms with Gasteiger partial charge in [-0.1, -0.05) is 24.3 Å². The molecule has 0 saturated carbocycles. The molecule has 0 radical (unpaired) electrons. The molecule has 0 bridgehead atoms. The Kier molecular flexibility index (Phi) is 3.78. The van der Waals surface area contributed by atoms with Crippen LogP contribution in [0.25, 0.3) is 0 Å². The summed E-state index contributed by atoms with van der Waals surface area (Å²) in [6, 6.07) is 5.37. The van der Waals surface area contributed by atoms with E-state index in [1.807, 2.05) is 11.0 Å². The maximum atomic E-state index is 12.6. The van der Waals surface area contributed by atoms with Crippen LogP contribution >= 0.6 is 0 Å². The molecule has 1 atom stereocenters. The van der Waals surface area contributed by atoms with Crippen molar-refractivity contribution in [2.45, 2.75) is 32.2 Å². The largest absolute Gasteiger partial charge is 0.478 e. The number of carbonyl (C=O) groups excluding carboxylic acids is 1. The molecule has 0 spiro atoms. The van der Waals surface area contributed by atoms with Crippen molar-refractivity contribution in [2.75, 3.05) is 6.54 Å². The summed E-state index contributed by atoms with van der Waals surface area (Å²) in [6.45, 7) is 1.12. The minimum atomic E-state index is -0.915. The third kappa shape index (κ3) is 2.71. The van der Waals surface area contributed by atoms with Crippen LogP contribution in [0.2, 0.25) is 0 Å². The number of carbonyl (C=O) groups is 2. The molecule has 1 heterocycles. The van der Waals surface area contributed by atoms with Crippen molar-refractivity contribution in [3.63, 3.8) is 0 Å². The van der Waals surface area contributed by atoms with E-state index < -0.39 is 5.97 Å². The highest BCUT2D eigenvalue weighted by molar-refractivity contribution is 5.90. The van der Waals surface area contributed by atoms with E-state index >= 15 is 0 Å². The topological polar surface area (TPSA) is 57.6 Å². The summed E-state index contributed by atoms with van der Waals surface area (Å²) in [4.78, 5) is 25.8. The van der Waals surface area contributed by atoms with E-state index in [0.717, 1.165) is 36.8 Å². The molecule has 1 unspecified atom stereocenters. The molecule has 1 aliphatic carbocycles. The molecule has 1 N–H and O–H groups in total. The molecule has 1 amide bonds. The number of hydrogen-bond acceptors (Lipinski definition) is 2. The van der Waals surface area contributed by atoms with Crippen LogP contribution in [-0.4, -0.2) is 28.4 Å². The molecular formula is C17H19NO3. The summed E-state index contributed by atoms with van der Waals surface area (Å²) >= 11 is 0. The summed E-state index contributed by atoms with van der Waals surface area (Å²) in [5, 5.41) is 9.30. The van der Waals surface area contributed by atoms with E-state index in [9.17, 15) is 14.7 Å². The second-order valence-corrected chi connectivity index (χ2v) is 5.74. The predicted octanol–water partition coefficient (Wildman–Crippen LogP) is 2.63. The third-order valence-corrected chi connectivity index (χ3v) is 4.43. The van der Waals surface area contributed by atoms with Gasteiger partial charge in [-0.3, -0.25) is 4.79 Å². The van der Waals surface area contributed by atoms with Crippen LogP contribution in [0.15, 0.2) is 30.4 Å². The molecule has 0 saturated heterocycles. The number of aromatic carboxylic acids is 1. The Balaban J connectivity index is 1.82. The van der Waals surface area contributed by atoms with Crippen LogP contribution in [0.4, 0.5) is 0 Å². The Bertz CT molecular complexity index is 606. The SMILES string of the molecule is O=C(O)c1cccc2c1CN(C(=O)C1CC=CCC1)CC2. The van der Waals surface area contributed by atoms with Gasteiger partial charge in [-0.15, -0.1) is 0 Å². The number of carboxylic acid groups (broad SMARTS) is 1. The van der Waals surface area contributed by atoms with Crippen LogP contribution < -0.4 is 0 Å². The Hall–Kier alpha value is -2.10. The van der Waals surface area contributed by atoms with Gasteiger partial charge in [0.25, 0.3) is 0 Å². The molecule has 4 heteroatoms. The zero-order valence-corrected chi connectivity index (χ0v) is 11.9. The van der Waals surface area contributed by atoms with Crippen molar-refractivity contribution in [1.82, 2.24) is 4.90 Å². The average Bonchev–Trinajstić information content (AvgIpc) is 2.53. The van der Waals surface area contributed by atoms with Crippen LogP contribution in [-0.2, 0) is 17.8 Å². The van der Waals surface area contributed by atoms with Gasteiger partial charge in [0.15, 0.2) is 0 Å². The second-order valence-electron chi connectivity index (χ2n) is 5.74. The van der Waals surface area contributed by atoms with Crippen LogP contribution in [0.5, 0.6) is 0 Å². The number of benzene rings is 1. The van der Waals surface area contributed by atoms with E-state index in [2.05, 4.69) is 12.2 Å². The molecule has 2 aliphatic rings. The molecular weight excluding hydrogens is 266 g/mol. The summed E-state index contributed by atoms with van der Waals surface area (Å²) in [5.74, 6) is -0.680. The first kappa shape index (κ1) is 13.9. The molecule has 1 aromatic rings. The lowest BCUT2D eigenvalue weighted by Crippen LogP contribution is -2.40. The monoisotopic (exact) mass is 285 g/mol. The highest BCUT2D eigenvalue weighted by Gasteiger charge is 2.29. The van der Waals surface area contributed by atoms with Gasteiger partial charge in [0.1, 0.15) is 0 Å². The average molecular weight is 285 g/mol. The normalized spacial score (nSPS) is 21.0. The van der Waals surface area contributed by atoms with Crippen molar-refractivity contribution >= 4 is 11.9 Å². The van der Waals surface area contributed by atoms with Crippen LogP contribution in [0.3, 0.4) is 0 Å². The van der Waals surface area contributed by atoms with E-state index in [1.165, 1.54) is 0 Å². The fourth-order valence-corrected chi connectivity index (χ4v) is 3.25. The van der Waals surface area contributed by atoms with Gasteiger partial charge in [0, 0.05) is 19.0 Å². The molecule has 3 rings (SSSR count). The maximum absolute atomic E-state index is 12.6. The quantitative estimate of drug-likeness (QED) is 0.850. The molecule has 21 heavy (non-hydrogen) atoms. The Morgan fingerprint density at radius 2 is 2.10 bits per heavy atom. The number of carboxylic acids is 1. The number of allylic oxidation sites excluding steroid dienone is 2. The fraction of sp³-hybridized carbons (Fsp3) is 0.412. The standard InChI is InChI=1S/C17H19NO3/c19-16(13-5-2-1-3-6-13)18-10-9-12-7-4-8-14(17(20)21)15(12)11-18/h1-2,4,7-8,13H,3,5-6,9-11H2,(H,20,21). The second kappa shape index (κ2) is 5.72. The summed E-state index contributed by atoms with van der Waals surface area (Å²) in [7, 11) is 0. The highest BCUT2D eigenvalue weighted by atomic mass is 16.4. The van der Waals surface area contributed by atoms with Gasteiger partial charge in [0.05, 0.1) is 5.56 Å². The lowest BCUT2D eigenvalue weighted by molar-refractivity contribution is -0.136. The molecule has 4 nitrogen and oxygen atoms in total. The van der Waals surface area contributed by atoms with E-state index in [0.29, 0.717) is 18.7 Å². The molecule has 0 aromatic heterocycles. The summed E-state index contributed by atoms with van der Waals surface area (Å²) in [5.41, 5.74) is 2.19.